The van der Waals surface area contributed by atoms with E-state index >= 15 is 0 Å². The third-order valence-electron chi connectivity index (χ3n) is 7.45. The Morgan fingerprint density at radius 1 is 1.21 bits per heavy atom. The number of esters is 1. The molecule has 3 aromatic rings. The van der Waals surface area contributed by atoms with Crippen molar-refractivity contribution in [2.45, 2.75) is 70.8 Å². The zero-order valence-electron chi connectivity index (χ0n) is 23.1. The lowest BCUT2D eigenvalue weighted by Crippen LogP contribution is -2.36. The number of anilines is 1. The first kappa shape index (κ1) is 26.8. The number of piperidine rings is 1. The number of aryl methyl sites for hydroxylation is 1. The molecule has 1 aromatic carbocycles. The van der Waals surface area contributed by atoms with Crippen LogP contribution in [-0.4, -0.2) is 63.3 Å². The topological polar surface area (TPSA) is 121 Å². The number of nitrogens with two attached hydrogens (primary N) is 1. The Kier molecular flexibility index (Phi) is 7.38. The van der Waals surface area contributed by atoms with Crippen LogP contribution in [0.2, 0.25) is 0 Å². The molecule has 0 saturated carbocycles. The number of nitrogens with zero attached hydrogens (tertiary/aromatic N) is 4. The van der Waals surface area contributed by atoms with Gasteiger partial charge < -0.3 is 24.8 Å². The normalized spacial score (nSPS) is 17.6. The van der Waals surface area contributed by atoms with Crippen molar-refractivity contribution >= 4 is 23.3 Å². The zero-order chi connectivity index (χ0) is 27.7. The predicted octanol–water partition coefficient (Wildman–Crippen LogP) is 3.87. The monoisotopic (exact) mass is 535 g/mol. The van der Waals surface area contributed by atoms with Crippen LogP contribution in [0.15, 0.2) is 30.6 Å². The van der Waals surface area contributed by atoms with E-state index in [0.29, 0.717) is 50.7 Å². The number of nitrogen functional groups attached to an aromatic ring is 1. The Hall–Kier alpha value is -3.82. The van der Waals surface area contributed by atoms with Gasteiger partial charge in [0.2, 0.25) is 5.91 Å². The van der Waals surface area contributed by atoms with E-state index in [1.807, 2.05) is 49.9 Å². The summed E-state index contributed by atoms with van der Waals surface area (Å²) >= 11 is 0. The number of pyridine rings is 1. The minimum Gasteiger partial charge on any atom is -0.493 e. The van der Waals surface area contributed by atoms with E-state index in [9.17, 15) is 9.59 Å². The number of hydrogen-bond donors (Lipinski definition) is 1. The molecular weight excluding hydrogens is 498 g/mol. The van der Waals surface area contributed by atoms with Crippen LogP contribution in [0.1, 0.15) is 75.5 Å². The highest BCUT2D eigenvalue weighted by Gasteiger charge is 2.30. The maximum Gasteiger partial charge on any atom is 0.306 e. The van der Waals surface area contributed by atoms with Crippen LogP contribution < -0.4 is 15.2 Å². The Morgan fingerprint density at radius 2 is 1.97 bits per heavy atom. The van der Waals surface area contributed by atoms with Gasteiger partial charge in [0.15, 0.2) is 17.2 Å². The molecule has 0 aliphatic carbocycles. The number of amides is 1. The summed E-state index contributed by atoms with van der Waals surface area (Å²) in [6.45, 7) is 9.51. The smallest absolute Gasteiger partial charge is 0.306 e. The average Bonchev–Trinajstić information content (AvgIpc) is 3.54. The zero-order valence-corrected chi connectivity index (χ0v) is 23.1. The first-order chi connectivity index (χ1) is 18.6. The van der Waals surface area contributed by atoms with Crippen LogP contribution in [0.25, 0.3) is 5.65 Å². The molecule has 10 nitrogen and oxygen atoms in total. The molecule has 0 radical (unpaired) electrons. The molecule has 2 aromatic heterocycles. The van der Waals surface area contributed by atoms with Crippen molar-refractivity contribution in [2.24, 2.45) is 0 Å². The van der Waals surface area contributed by atoms with Crippen molar-refractivity contribution in [3.63, 3.8) is 0 Å². The fraction of sp³-hybridized carbons (Fsp3) is 0.517. The molecule has 1 fully saturated rings. The SMILES string of the molecule is CC(=O)N1CCC(c2cc(OC[C@H]3COc4cccc(CCC(=O)OC(C)(C)C)c43)c(N)n3cnnc23)CC1. The van der Waals surface area contributed by atoms with E-state index in [1.165, 1.54) is 0 Å². The van der Waals surface area contributed by atoms with Crippen LogP contribution in [0.3, 0.4) is 0 Å². The molecule has 1 saturated heterocycles. The first-order valence-electron chi connectivity index (χ1n) is 13.6. The lowest BCUT2D eigenvalue weighted by atomic mass is 9.89. The van der Waals surface area contributed by atoms with Crippen molar-refractivity contribution < 1.29 is 23.8 Å². The summed E-state index contributed by atoms with van der Waals surface area (Å²) in [5, 5.41) is 8.42. The van der Waals surface area contributed by atoms with Gasteiger partial charge in [-0.15, -0.1) is 10.2 Å². The second kappa shape index (κ2) is 10.7. The van der Waals surface area contributed by atoms with Gasteiger partial charge in [0, 0.05) is 37.6 Å². The number of likely N-dealkylation sites (tertiary alicyclic amines) is 1. The predicted molar refractivity (Wildman–Crippen MR) is 146 cm³/mol. The average molecular weight is 536 g/mol. The largest absolute Gasteiger partial charge is 0.493 e. The summed E-state index contributed by atoms with van der Waals surface area (Å²) in [4.78, 5) is 26.0. The molecule has 208 valence electrons. The Bertz CT molecular complexity index is 1370. The second-order valence-corrected chi connectivity index (χ2v) is 11.4. The molecule has 2 aliphatic heterocycles. The summed E-state index contributed by atoms with van der Waals surface area (Å²) in [5.41, 5.74) is 9.86. The highest BCUT2D eigenvalue weighted by Crippen LogP contribution is 2.39. The summed E-state index contributed by atoms with van der Waals surface area (Å²) < 4.78 is 19.6. The van der Waals surface area contributed by atoms with Gasteiger partial charge in [0.05, 0.1) is 19.1 Å². The molecule has 1 amide bonds. The van der Waals surface area contributed by atoms with Crippen LogP contribution in [0.4, 0.5) is 5.82 Å². The first-order valence-corrected chi connectivity index (χ1v) is 13.6. The van der Waals surface area contributed by atoms with Crippen molar-refractivity contribution in [2.75, 3.05) is 32.0 Å². The molecular formula is C29H37N5O5. The van der Waals surface area contributed by atoms with Gasteiger partial charge in [-0.3, -0.25) is 14.0 Å². The van der Waals surface area contributed by atoms with E-state index in [4.69, 9.17) is 19.9 Å². The number of fused-ring (bicyclic) bond motifs is 2. The van der Waals surface area contributed by atoms with Gasteiger partial charge >= 0.3 is 5.97 Å². The molecule has 0 unspecified atom stereocenters. The van der Waals surface area contributed by atoms with E-state index in [-0.39, 0.29) is 23.7 Å². The fourth-order valence-electron chi connectivity index (χ4n) is 5.55. The maximum absolute atomic E-state index is 12.3. The maximum atomic E-state index is 12.3. The summed E-state index contributed by atoms with van der Waals surface area (Å²) in [5.74, 6) is 1.95. The standard InChI is InChI=1S/C29H37N5O5/c1-18(35)33-12-10-19(11-13-33)22-14-24(27(30)34-17-31-32-28(22)34)38-16-21-15-37-23-7-5-6-20(26(21)23)8-9-25(36)39-29(2,3)4/h5-7,14,17,19,21H,8-13,15-16,30H2,1-4H3/t21-/m1/s1. The molecule has 0 bridgehead atoms. The molecule has 10 heteroatoms. The van der Waals surface area contributed by atoms with Gasteiger partial charge in [-0.05, 0) is 63.6 Å². The molecule has 2 N–H and O–H groups in total. The number of ether oxygens (including phenoxy) is 3. The van der Waals surface area contributed by atoms with Gasteiger partial charge in [-0.1, -0.05) is 12.1 Å². The summed E-state index contributed by atoms with van der Waals surface area (Å²) in [7, 11) is 0. The van der Waals surface area contributed by atoms with E-state index in [2.05, 4.69) is 10.2 Å². The molecule has 0 spiro atoms. The van der Waals surface area contributed by atoms with Crippen LogP contribution in [0, 0.1) is 0 Å². The molecule has 5 rings (SSSR count). The van der Waals surface area contributed by atoms with E-state index in [0.717, 1.165) is 40.9 Å². The van der Waals surface area contributed by atoms with Crippen LogP contribution >= 0.6 is 0 Å². The van der Waals surface area contributed by atoms with Gasteiger partial charge in [-0.2, -0.15) is 0 Å². The molecule has 2 aliphatic rings. The molecule has 1 atom stereocenters. The van der Waals surface area contributed by atoms with Crippen molar-refractivity contribution in [3.8, 4) is 11.5 Å². The number of benzene rings is 1. The summed E-state index contributed by atoms with van der Waals surface area (Å²) in [6, 6.07) is 7.93. The fourth-order valence-corrected chi connectivity index (χ4v) is 5.55. The van der Waals surface area contributed by atoms with Gasteiger partial charge in [0.1, 0.15) is 17.7 Å². The molecule has 4 heterocycles. The van der Waals surface area contributed by atoms with Crippen molar-refractivity contribution in [1.82, 2.24) is 19.5 Å². The van der Waals surface area contributed by atoms with Crippen molar-refractivity contribution in [1.29, 1.82) is 0 Å². The van der Waals surface area contributed by atoms with Crippen molar-refractivity contribution in [3.05, 3.63) is 47.3 Å². The van der Waals surface area contributed by atoms with Crippen LogP contribution in [-0.2, 0) is 20.7 Å². The number of hydrogen-bond acceptors (Lipinski definition) is 8. The van der Waals surface area contributed by atoms with Gasteiger partial charge in [0.25, 0.3) is 0 Å². The summed E-state index contributed by atoms with van der Waals surface area (Å²) in [6.07, 6.45) is 4.15. The number of rotatable bonds is 7. The van der Waals surface area contributed by atoms with Gasteiger partial charge in [-0.25, -0.2) is 0 Å². The highest BCUT2D eigenvalue weighted by molar-refractivity contribution is 5.73. The lowest BCUT2D eigenvalue weighted by molar-refractivity contribution is -0.154. The lowest BCUT2D eigenvalue weighted by Gasteiger charge is -2.31. The third kappa shape index (κ3) is 5.79. The van der Waals surface area contributed by atoms with E-state index < -0.39 is 5.60 Å². The van der Waals surface area contributed by atoms with Crippen LogP contribution in [0.5, 0.6) is 11.5 Å². The number of carbonyl (C=O) groups is 2. The minimum atomic E-state index is -0.510. The number of aromatic nitrogens is 3. The quantitative estimate of drug-likeness (QED) is 0.453. The second-order valence-electron chi connectivity index (χ2n) is 11.4. The number of carbonyl (C=O) groups excluding carboxylic acids is 2. The Labute approximate surface area is 228 Å². The highest BCUT2D eigenvalue weighted by atomic mass is 16.6. The molecule has 39 heavy (non-hydrogen) atoms. The van der Waals surface area contributed by atoms with E-state index in [1.54, 1.807) is 17.7 Å². The minimum absolute atomic E-state index is 0.00639. The Morgan fingerprint density at radius 3 is 2.69 bits per heavy atom. The Balaban J connectivity index is 1.33. The third-order valence-corrected chi connectivity index (χ3v) is 7.45.